The average Bonchev–Trinajstić information content (AvgIpc) is 2.68. The molecule has 0 fully saturated rings. The van der Waals surface area contributed by atoms with E-state index < -0.39 is 0 Å². The largest absolute Gasteiger partial charge is 0.484 e. The van der Waals surface area contributed by atoms with Crippen molar-refractivity contribution in [1.29, 1.82) is 0 Å². The molecule has 0 aromatic heterocycles. The van der Waals surface area contributed by atoms with Crippen LogP contribution in [0.1, 0.15) is 61.0 Å². The third kappa shape index (κ3) is 6.12. The van der Waals surface area contributed by atoms with Crippen molar-refractivity contribution in [3.05, 3.63) is 59.2 Å². The van der Waals surface area contributed by atoms with Crippen LogP contribution in [0, 0.1) is 6.92 Å². The third-order valence-corrected chi connectivity index (χ3v) is 4.38. The highest BCUT2D eigenvalue weighted by Gasteiger charge is 2.13. The van der Waals surface area contributed by atoms with Gasteiger partial charge in [0.2, 0.25) is 0 Å². The number of hydrogen-bond donors (Lipinski definition) is 1. The molecule has 0 saturated carbocycles. The molecule has 0 heterocycles. The van der Waals surface area contributed by atoms with Crippen LogP contribution >= 0.6 is 0 Å². The topological polar surface area (TPSA) is 64.6 Å². The summed E-state index contributed by atoms with van der Waals surface area (Å²) in [5.41, 5.74) is 3.43. The predicted octanol–water partition coefficient (Wildman–Crippen LogP) is 5.09. The van der Waals surface area contributed by atoms with Crippen LogP contribution in [0.25, 0.3) is 0 Å². The number of unbranched alkanes of at least 4 members (excludes halogenated alkanes) is 1. The molecule has 0 radical (unpaired) electrons. The minimum Gasteiger partial charge on any atom is -0.484 e. The number of anilines is 1. The lowest BCUT2D eigenvalue weighted by atomic mass is 9.98. The van der Waals surface area contributed by atoms with Gasteiger partial charge in [0, 0.05) is 5.69 Å². The van der Waals surface area contributed by atoms with Crippen molar-refractivity contribution in [2.24, 2.45) is 0 Å². The van der Waals surface area contributed by atoms with E-state index in [1.165, 1.54) is 0 Å². The van der Waals surface area contributed by atoms with Crippen LogP contribution in [0.5, 0.6) is 5.75 Å². The molecule has 0 bridgehead atoms. The van der Waals surface area contributed by atoms with Crippen molar-refractivity contribution in [2.45, 2.75) is 46.5 Å². The molecule has 28 heavy (non-hydrogen) atoms. The number of hydrogen-bond acceptors (Lipinski definition) is 4. The molecule has 5 heteroatoms. The molecular weight excluding hydrogens is 354 g/mol. The molecule has 0 aliphatic rings. The van der Waals surface area contributed by atoms with E-state index >= 15 is 0 Å². The number of benzene rings is 2. The number of carbonyl (C=O) groups excluding carboxylic acids is 2. The SMILES string of the molecule is CCCCOC(=O)c1ccc(OCC(=O)Nc2c(C)cccc2C(C)C)cc1. The summed E-state index contributed by atoms with van der Waals surface area (Å²) in [4.78, 5) is 24.2. The Balaban J connectivity index is 1.91. The molecular formula is C23H29NO4. The second-order valence-corrected chi connectivity index (χ2v) is 7.04. The van der Waals surface area contributed by atoms with Crippen molar-refractivity contribution < 1.29 is 19.1 Å². The van der Waals surface area contributed by atoms with Gasteiger partial charge in [0.1, 0.15) is 5.75 Å². The van der Waals surface area contributed by atoms with E-state index in [0.29, 0.717) is 23.8 Å². The van der Waals surface area contributed by atoms with Crippen molar-refractivity contribution in [3.63, 3.8) is 0 Å². The Labute approximate surface area is 167 Å². The summed E-state index contributed by atoms with van der Waals surface area (Å²) < 4.78 is 10.7. The van der Waals surface area contributed by atoms with Gasteiger partial charge in [-0.1, -0.05) is 45.4 Å². The molecule has 0 aliphatic heterocycles. The van der Waals surface area contributed by atoms with E-state index in [1.54, 1.807) is 24.3 Å². The molecule has 2 aromatic carbocycles. The minimum absolute atomic E-state index is 0.105. The number of amides is 1. The van der Waals surface area contributed by atoms with E-state index in [2.05, 4.69) is 19.2 Å². The Morgan fingerprint density at radius 3 is 2.43 bits per heavy atom. The molecule has 0 unspecified atom stereocenters. The van der Waals surface area contributed by atoms with Crippen molar-refractivity contribution in [1.82, 2.24) is 0 Å². The Bertz CT molecular complexity index is 797. The maximum atomic E-state index is 12.3. The molecule has 0 saturated heterocycles. The second kappa shape index (κ2) is 10.5. The van der Waals surface area contributed by atoms with E-state index in [1.807, 2.05) is 32.0 Å². The lowest BCUT2D eigenvalue weighted by Gasteiger charge is -2.16. The van der Waals surface area contributed by atoms with E-state index in [-0.39, 0.29) is 18.5 Å². The zero-order valence-electron chi connectivity index (χ0n) is 17.1. The molecule has 0 aliphatic carbocycles. The van der Waals surface area contributed by atoms with Crippen LogP contribution in [-0.4, -0.2) is 25.1 Å². The fourth-order valence-electron chi connectivity index (χ4n) is 2.75. The molecule has 1 amide bonds. The fourth-order valence-corrected chi connectivity index (χ4v) is 2.75. The lowest BCUT2D eigenvalue weighted by Crippen LogP contribution is -2.21. The molecule has 0 atom stereocenters. The molecule has 150 valence electrons. The quantitative estimate of drug-likeness (QED) is 0.484. The normalized spacial score (nSPS) is 10.6. The number of carbonyl (C=O) groups is 2. The summed E-state index contributed by atoms with van der Waals surface area (Å²) in [5.74, 6) is 0.257. The van der Waals surface area contributed by atoms with Gasteiger partial charge in [-0.05, 0) is 54.7 Å². The zero-order chi connectivity index (χ0) is 20.5. The Hall–Kier alpha value is -2.82. The van der Waals surface area contributed by atoms with E-state index in [0.717, 1.165) is 29.7 Å². The summed E-state index contributed by atoms with van der Waals surface area (Å²) >= 11 is 0. The first-order valence-corrected chi connectivity index (χ1v) is 9.71. The smallest absolute Gasteiger partial charge is 0.338 e. The van der Waals surface area contributed by atoms with Gasteiger partial charge in [-0.15, -0.1) is 0 Å². The van der Waals surface area contributed by atoms with Gasteiger partial charge >= 0.3 is 5.97 Å². The highest BCUT2D eigenvalue weighted by atomic mass is 16.5. The molecule has 0 spiro atoms. The van der Waals surface area contributed by atoms with Crippen LogP contribution in [0.15, 0.2) is 42.5 Å². The fraction of sp³-hybridized carbons (Fsp3) is 0.391. The van der Waals surface area contributed by atoms with Crippen LogP contribution in [0.3, 0.4) is 0 Å². The molecule has 1 N–H and O–H groups in total. The average molecular weight is 383 g/mol. The minimum atomic E-state index is -0.349. The number of rotatable bonds is 9. The monoisotopic (exact) mass is 383 g/mol. The standard InChI is InChI=1S/C23H29NO4/c1-5-6-14-27-23(26)18-10-12-19(13-11-18)28-15-21(25)24-22-17(4)8-7-9-20(22)16(2)3/h7-13,16H,5-6,14-15H2,1-4H3,(H,24,25). The molecule has 2 rings (SSSR count). The van der Waals surface area contributed by atoms with Crippen molar-refractivity contribution >= 4 is 17.6 Å². The first-order chi connectivity index (χ1) is 13.4. The van der Waals surface area contributed by atoms with E-state index in [4.69, 9.17) is 9.47 Å². The van der Waals surface area contributed by atoms with Crippen LogP contribution in [0.4, 0.5) is 5.69 Å². The summed E-state index contributed by atoms with van der Waals surface area (Å²) in [6.45, 7) is 8.52. The zero-order valence-corrected chi connectivity index (χ0v) is 17.1. The molecule has 2 aromatic rings. The van der Waals surface area contributed by atoms with Gasteiger partial charge in [0.15, 0.2) is 6.61 Å². The number of ether oxygens (including phenoxy) is 2. The van der Waals surface area contributed by atoms with Crippen LogP contribution < -0.4 is 10.1 Å². The second-order valence-electron chi connectivity index (χ2n) is 7.04. The van der Waals surface area contributed by atoms with Crippen molar-refractivity contribution in [3.8, 4) is 5.75 Å². The summed E-state index contributed by atoms with van der Waals surface area (Å²) in [7, 11) is 0. The Morgan fingerprint density at radius 1 is 1.07 bits per heavy atom. The number of nitrogens with one attached hydrogen (secondary N) is 1. The maximum absolute atomic E-state index is 12.3. The lowest BCUT2D eigenvalue weighted by molar-refractivity contribution is -0.118. The van der Waals surface area contributed by atoms with Gasteiger partial charge < -0.3 is 14.8 Å². The van der Waals surface area contributed by atoms with Gasteiger partial charge in [-0.3, -0.25) is 4.79 Å². The predicted molar refractivity (Wildman–Crippen MR) is 111 cm³/mol. The summed E-state index contributed by atoms with van der Waals surface area (Å²) in [6, 6.07) is 12.6. The number of aryl methyl sites for hydroxylation is 1. The van der Waals surface area contributed by atoms with Crippen LogP contribution in [0.2, 0.25) is 0 Å². The Morgan fingerprint density at radius 2 is 1.79 bits per heavy atom. The van der Waals surface area contributed by atoms with Gasteiger partial charge in [-0.25, -0.2) is 4.79 Å². The van der Waals surface area contributed by atoms with Gasteiger partial charge in [0.25, 0.3) is 5.91 Å². The van der Waals surface area contributed by atoms with Gasteiger partial charge in [-0.2, -0.15) is 0 Å². The first kappa shape index (κ1) is 21.5. The Kier molecular flexibility index (Phi) is 8.05. The summed E-state index contributed by atoms with van der Waals surface area (Å²) in [6.07, 6.45) is 1.82. The number of para-hydroxylation sites is 1. The maximum Gasteiger partial charge on any atom is 0.338 e. The first-order valence-electron chi connectivity index (χ1n) is 9.71. The van der Waals surface area contributed by atoms with Crippen LogP contribution in [-0.2, 0) is 9.53 Å². The number of esters is 1. The van der Waals surface area contributed by atoms with Gasteiger partial charge in [0.05, 0.1) is 12.2 Å². The molecule has 5 nitrogen and oxygen atoms in total. The van der Waals surface area contributed by atoms with Crippen molar-refractivity contribution in [2.75, 3.05) is 18.5 Å². The van der Waals surface area contributed by atoms with E-state index in [9.17, 15) is 9.59 Å². The summed E-state index contributed by atoms with van der Waals surface area (Å²) in [5, 5.41) is 2.95. The highest BCUT2D eigenvalue weighted by molar-refractivity contribution is 5.93. The highest BCUT2D eigenvalue weighted by Crippen LogP contribution is 2.27. The third-order valence-electron chi connectivity index (χ3n) is 4.38.